The Labute approximate surface area is 142 Å². The molecule has 7 heteroatoms. The van der Waals surface area contributed by atoms with Crippen molar-refractivity contribution in [2.45, 2.75) is 25.9 Å². The molecule has 0 aliphatic carbocycles. The monoisotopic (exact) mass is 356 g/mol. The number of nitrogens with zero attached hydrogens (tertiary/aromatic N) is 2. The second-order valence-corrected chi connectivity index (χ2v) is 9.37. The summed E-state index contributed by atoms with van der Waals surface area (Å²) in [6, 6.07) is 6.56. The first-order valence-electron chi connectivity index (χ1n) is 7.79. The molecule has 23 heavy (non-hydrogen) atoms. The smallest absolute Gasteiger partial charge is 0.241 e. The van der Waals surface area contributed by atoms with Crippen molar-refractivity contribution >= 4 is 33.0 Å². The predicted molar refractivity (Wildman–Crippen MR) is 91.6 cm³/mol. The van der Waals surface area contributed by atoms with Gasteiger partial charge in [0.25, 0.3) is 0 Å². The maximum atomic E-state index is 12.7. The van der Waals surface area contributed by atoms with Crippen LogP contribution >= 0.6 is 11.6 Å². The van der Waals surface area contributed by atoms with Gasteiger partial charge in [-0.2, -0.15) is 0 Å². The molecule has 2 fully saturated rings. The fraction of sp³-hybridized carbons (Fsp3) is 0.562. The summed E-state index contributed by atoms with van der Waals surface area (Å²) in [5, 5.41) is 0.593. The lowest BCUT2D eigenvalue weighted by atomic mass is 10.0. The third kappa shape index (κ3) is 3.39. The van der Waals surface area contributed by atoms with Gasteiger partial charge in [-0.25, -0.2) is 8.42 Å². The van der Waals surface area contributed by atoms with E-state index in [4.69, 9.17) is 11.6 Å². The van der Waals surface area contributed by atoms with Gasteiger partial charge in [0.1, 0.15) is 0 Å². The summed E-state index contributed by atoms with van der Waals surface area (Å²) in [4.78, 5) is 16.4. The van der Waals surface area contributed by atoms with E-state index in [0.717, 1.165) is 12.2 Å². The molecule has 3 rings (SSSR count). The molecule has 2 saturated heterocycles. The van der Waals surface area contributed by atoms with Crippen molar-refractivity contribution in [3.63, 3.8) is 0 Å². The first kappa shape index (κ1) is 16.7. The highest BCUT2D eigenvalue weighted by molar-refractivity contribution is 7.91. The van der Waals surface area contributed by atoms with Crippen LogP contribution in [0.1, 0.15) is 13.8 Å². The van der Waals surface area contributed by atoms with Crippen LogP contribution in [0.2, 0.25) is 5.02 Å². The van der Waals surface area contributed by atoms with Crippen molar-refractivity contribution in [2.75, 3.05) is 29.5 Å². The van der Waals surface area contributed by atoms with E-state index in [1.54, 1.807) is 29.2 Å². The summed E-state index contributed by atoms with van der Waals surface area (Å²) in [6.45, 7) is 5.15. The van der Waals surface area contributed by atoms with Crippen LogP contribution in [0.5, 0.6) is 0 Å². The average Bonchev–Trinajstić information content (AvgIpc) is 2.75. The minimum Gasteiger partial charge on any atom is -0.306 e. The number of piperazine rings is 1. The van der Waals surface area contributed by atoms with Crippen molar-refractivity contribution in [2.24, 2.45) is 5.92 Å². The fourth-order valence-electron chi connectivity index (χ4n) is 3.56. The van der Waals surface area contributed by atoms with Gasteiger partial charge in [0, 0.05) is 23.3 Å². The number of amides is 1. The molecule has 0 N–H and O–H groups in total. The van der Waals surface area contributed by atoms with E-state index in [1.807, 2.05) is 4.90 Å². The molecule has 0 saturated carbocycles. The first-order valence-corrected chi connectivity index (χ1v) is 9.99. The minimum atomic E-state index is -3.13. The number of benzene rings is 1. The minimum absolute atomic E-state index is 0.0284. The van der Waals surface area contributed by atoms with Gasteiger partial charge in [0.15, 0.2) is 9.84 Å². The number of carbonyl (C=O) groups excluding carboxylic acids is 1. The Hall–Kier alpha value is -1.11. The molecule has 1 aromatic carbocycles. The third-order valence-electron chi connectivity index (χ3n) is 4.41. The lowest BCUT2D eigenvalue weighted by molar-refractivity contribution is -0.123. The van der Waals surface area contributed by atoms with Crippen LogP contribution in [0.25, 0.3) is 0 Å². The lowest BCUT2D eigenvalue weighted by Crippen LogP contribution is -2.62. The molecule has 0 aromatic heterocycles. The standard InChI is InChI=1S/C16H21ClN2O3S/c1-11(2)7-18-8-16(20)19(13-5-3-12(17)4-6-13)15-10-23(21,22)9-14(15)18/h3-6,11,14-15H,7-10H2,1-2H3/t14-,15+/m1/s1. The van der Waals surface area contributed by atoms with Crippen LogP contribution in [-0.4, -0.2) is 55.9 Å². The van der Waals surface area contributed by atoms with Crippen molar-refractivity contribution in [3.05, 3.63) is 29.3 Å². The summed E-state index contributed by atoms with van der Waals surface area (Å²) in [5.41, 5.74) is 0.718. The Morgan fingerprint density at radius 3 is 2.39 bits per heavy atom. The van der Waals surface area contributed by atoms with E-state index in [9.17, 15) is 13.2 Å². The average molecular weight is 357 g/mol. The highest BCUT2D eigenvalue weighted by atomic mass is 35.5. The molecule has 0 radical (unpaired) electrons. The Balaban J connectivity index is 1.96. The Kier molecular flexibility index (Phi) is 4.42. The van der Waals surface area contributed by atoms with Crippen molar-refractivity contribution in [3.8, 4) is 0 Å². The molecule has 2 heterocycles. The van der Waals surface area contributed by atoms with Crippen LogP contribution in [0.15, 0.2) is 24.3 Å². The number of halogens is 1. The maximum absolute atomic E-state index is 12.7. The van der Waals surface area contributed by atoms with E-state index in [1.165, 1.54) is 0 Å². The SMILES string of the molecule is CC(C)CN1CC(=O)N(c2ccc(Cl)cc2)[C@H]2CS(=O)(=O)C[C@H]21. The second kappa shape index (κ2) is 6.07. The van der Waals surface area contributed by atoms with E-state index < -0.39 is 9.84 Å². The molecule has 0 spiro atoms. The first-order chi connectivity index (χ1) is 10.8. The van der Waals surface area contributed by atoms with E-state index in [-0.39, 0.29) is 36.0 Å². The highest BCUT2D eigenvalue weighted by Gasteiger charge is 2.49. The molecular formula is C16H21ClN2O3S. The molecular weight excluding hydrogens is 336 g/mol. The number of sulfone groups is 1. The van der Waals surface area contributed by atoms with Gasteiger partial charge in [-0.15, -0.1) is 0 Å². The summed E-state index contributed by atoms with van der Waals surface area (Å²) in [7, 11) is -3.13. The van der Waals surface area contributed by atoms with E-state index >= 15 is 0 Å². The maximum Gasteiger partial charge on any atom is 0.241 e. The zero-order chi connectivity index (χ0) is 16.8. The Morgan fingerprint density at radius 1 is 1.17 bits per heavy atom. The van der Waals surface area contributed by atoms with Crippen LogP contribution in [0.3, 0.4) is 0 Å². The summed E-state index contributed by atoms with van der Waals surface area (Å²) >= 11 is 5.92. The molecule has 0 bridgehead atoms. The fourth-order valence-corrected chi connectivity index (χ4v) is 5.67. The van der Waals surface area contributed by atoms with Gasteiger partial charge in [0.05, 0.1) is 24.1 Å². The highest BCUT2D eigenvalue weighted by Crippen LogP contribution is 2.32. The number of carbonyl (C=O) groups is 1. The van der Waals surface area contributed by atoms with E-state index in [0.29, 0.717) is 10.9 Å². The van der Waals surface area contributed by atoms with Gasteiger partial charge >= 0.3 is 0 Å². The predicted octanol–water partition coefficient (Wildman–Crippen LogP) is 1.81. The van der Waals surface area contributed by atoms with Crippen molar-refractivity contribution in [1.82, 2.24) is 4.90 Å². The number of hydrogen-bond donors (Lipinski definition) is 0. The topological polar surface area (TPSA) is 57.7 Å². The van der Waals surface area contributed by atoms with Gasteiger partial charge in [0.2, 0.25) is 5.91 Å². The normalized spacial score (nSPS) is 27.5. The number of hydrogen-bond acceptors (Lipinski definition) is 4. The van der Waals surface area contributed by atoms with Gasteiger partial charge < -0.3 is 4.90 Å². The molecule has 126 valence electrons. The lowest BCUT2D eigenvalue weighted by Gasteiger charge is -2.44. The molecule has 5 nitrogen and oxygen atoms in total. The number of anilines is 1. The molecule has 1 aromatic rings. The third-order valence-corrected chi connectivity index (χ3v) is 6.36. The van der Waals surface area contributed by atoms with Crippen molar-refractivity contribution in [1.29, 1.82) is 0 Å². The molecule has 1 amide bonds. The number of rotatable bonds is 3. The molecule has 2 aliphatic heterocycles. The number of fused-ring (bicyclic) bond motifs is 1. The zero-order valence-electron chi connectivity index (χ0n) is 13.3. The quantitative estimate of drug-likeness (QED) is 0.828. The zero-order valence-corrected chi connectivity index (χ0v) is 14.8. The van der Waals surface area contributed by atoms with Crippen LogP contribution < -0.4 is 4.90 Å². The second-order valence-electron chi connectivity index (χ2n) is 6.78. The summed E-state index contributed by atoms with van der Waals surface area (Å²) in [6.07, 6.45) is 0. The van der Waals surface area contributed by atoms with Crippen LogP contribution in [0, 0.1) is 5.92 Å². The summed E-state index contributed by atoms with van der Waals surface area (Å²) < 4.78 is 24.4. The molecule has 2 aliphatic rings. The van der Waals surface area contributed by atoms with Gasteiger partial charge in [-0.05, 0) is 30.2 Å². The molecule has 0 unspecified atom stereocenters. The van der Waals surface area contributed by atoms with Gasteiger partial charge in [-0.1, -0.05) is 25.4 Å². The van der Waals surface area contributed by atoms with Crippen LogP contribution in [0.4, 0.5) is 5.69 Å². The summed E-state index contributed by atoms with van der Waals surface area (Å²) in [5.74, 6) is 0.489. The Morgan fingerprint density at radius 2 is 1.78 bits per heavy atom. The largest absolute Gasteiger partial charge is 0.306 e. The molecule has 2 atom stereocenters. The Bertz CT molecular complexity index is 703. The van der Waals surface area contributed by atoms with Crippen molar-refractivity contribution < 1.29 is 13.2 Å². The van der Waals surface area contributed by atoms with Gasteiger partial charge in [-0.3, -0.25) is 9.69 Å². The van der Waals surface area contributed by atoms with Crippen LogP contribution in [-0.2, 0) is 14.6 Å². The van der Waals surface area contributed by atoms with E-state index in [2.05, 4.69) is 13.8 Å².